The topological polar surface area (TPSA) is 144 Å². The SMILES string of the molecule is CC1(C(=O)O)C=CC(C(=O)c2ccc(Cc3cccc4c3OCO4)o2)C(O)(C(=O)O)C1. The number of furan rings is 1. The van der Waals surface area contributed by atoms with Gasteiger partial charge in [-0.05, 0) is 25.1 Å². The molecular formula is C22H20O9. The molecule has 1 aliphatic heterocycles. The van der Waals surface area contributed by atoms with Crippen molar-refractivity contribution in [1.29, 1.82) is 0 Å². The standard InChI is InChI=1S/C22H20O9/c1-21(19(24)25)8-7-14(22(28,10-21)20(26)27)17(23)15-6-5-13(31-15)9-12-3-2-4-16-18(12)30-11-29-16/h2-8,14,28H,9-11H2,1H3,(H,24,25)(H,26,27). The van der Waals surface area contributed by atoms with Crippen LogP contribution in [0.4, 0.5) is 0 Å². The molecule has 0 spiro atoms. The monoisotopic (exact) mass is 428 g/mol. The van der Waals surface area contributed by atoms with Gasteiger partial charge in [0.25, 0.3) is 0 Å². The summed E-state index contributed by atoms with van der Waals surface area (Å²) in [5.41, 5.74) is -3.41. The zero-order chi connectivity index (χ0) is 22.4. The number of fused-ring (bicyclic) bond motifs is 1. The molecular weight excluding hydrogens is 408 g/mol. The van der Waals surface area contributed by atoms with E-state index in [1.165, 1.54) is 19.1 Å². The smallest absolute Gasteiger partial charge is 0.336 e. The number of para-hydroxylation sites is 1. The first-order valence-electron chi connectivity index (χ1n) is 9.53. The molecule has 2 heterocycles. The molecule has 3 unspecified atom stereocenters. The van der Waals surface area contributed by atoms with Crippen LogP contribution in [0.3, 0.4) is 0 Å². The second-order valence-electron chi connectivity index (χ2n) is 7.92. The first-order chi connectivity index (χ1) is 14.6. The van der Waals surface area contributed by atoms with Gasteiger partial charge in [-0.15, -0.1) is 0 Å². The fraction of sp³-hybridized carbons (Fsp3) is 0.318. The van der Waals surface area contributed by atoms with E-state index in [0.29, 0.717) is 23.7 Å². The van der Waals surface area contributed by atoms with Crippen molar-refractivity contribution in [1.82, 2.24) is 0 Å². The summed E-state index contributed by atoms with van der Waals surface area (Å²) in [6, 6.07) is 8.39. The summed E-state index contributed by atoms with van der Waals surface area (Å²) >= 11 is 0. The van der Waals surface area contributed by atoms with E-state index < -0.39 is 41.1 Å². The Morgan fingerprint density at radius 2 is 1.87 bits per heavy atom. The van der Waals surface area contributed by atoms with Gasteiger partial charge in [-0.25, -0.2) is 4.79 Å². The lowest BCUT2D eigenvalue weighted by molar-refractivity contribution is -0.169. The van der Waals surface area contributed by atoms with E-state index in [1.807, 2.05) is 6.07 Å². The highest BCUT2D eigenvalue weighted by atomic mass is 16.7. The fourth-order valence-electron chi connectivity index (χ4n) is 3.93. The molecule has 0 saturated heterocycles. The van der Waals surface area contributed by atoms with Crippen molar-refractivity contribution in [3.8, 4) is 11.5 Å². The molecule has 0 saturated carbocycles. The van der Waals surface area contributed by atoms with Gasteiger partial charge in [0.15, 0.2) is 22.9 Å². The second kappa shape index (κ2) is 7.28. The predicted molar refractivity (Wildman–Crippen MR) is 104 cm³/mol. The van der Waals surface area contributed by atoms with E-state index in [0.717, 1.165) is 11.6 Å². The molecule has 9 nitrogen and oxygen atoms in total. The average Bonchev–Trinajstić information content (AvgIpc) is 3.37. The molecule has 0 bridgehead atoms. The van der Waals surface area contributed by atoms with Crippen LogP contribution < -0.4 is 9.47 Å². The predicted octanol–water partition coefficient (Wildman–Crippen LogP) is 2.26. The molecule has 3 atom stereocenters. The molecule has 9 heteroatoms. The molecule has 1 aromatic carbocycles. The summed E-state index contributed by atoms with van der Waals surface area (Å²) in [7, 11) is 0. The fourth-order valence-corrected chi connectivity index (χ4v) is 3.93. The molecule has 31 heavy (non-hydrogen) atoms. The Morgan fingerprint density at radius 1 is 1.10 bits per heavy atom. The van der Waals surface area contributed by atoms with E-state index >= 15 is 0 Å². The first kappa shape index (κ1) is 20.7. The summed E-state index contributed by atoms with van der Waals surface area (Å²) in [5.74, 6) is -3.71. The lowest BCUT2D eigenvalue weighted by atomic mass is 9.66. The number of aliphatic carboxylic acids is 2. The normalized spacial score (nSPS) is 26.6. The number of carbonyl (C=O) groups excluding carboxylic acids is 1. The number of hydrogen-bond acceptors (Lipinski definition) is 7. The summed E-state index contributed by atoms with van der Waals surface area (Å²) in [6.07, 6.45) is 2.02. The van der Waals surface area contributed by atoms with Gasteiger partial charge >= 0.3 is 11.9 Å². The van der Waals surface area contributed by atoms with Crippen LogP contribution in [-0.2, 0) is 16.0 Å². The number of hydrogen-bond donors (Lipinski definition) is 3. The number of ketones is 1. The van der Waals surface area contributed by atoms with Crippen molar-refractivity contribution in [3.63, 3.8) is 0 Å². The summed E-state index contributed by atoms with van der Waals surface area (Å²) < 4.78 is 16.4. The molecule has 1 aromatic heterocycles. The minimum atomic E-state index is -2.59. The van der Waals surface area contributed by atoms with E-state index in [9.17, 15) is 29.7 Å². The van der Waals surface area contributed by atoms with Crippen LogP contribution in [0.2, 0.25) is 0 Å². The molecule has 0 radical (unpaired) electrons. The minimum Gasteiger partial charge on any atom is -0.481 e. The van der Waals surface area contributed by atoms with Crippen molar-refractivity contribution < 1.29 is 43.6 Å². The zero-order valence-corrected chi connectivity index (χ0v) is 16.5. The third-order valence-electron chi connectivity index (χ3n) is 5.70. The van der Waals surface area contributed by atoms with Crippen molar-refractivity contribution in [3.05, 3.63) is 59.6 Å². The lowest BCUT2D eigenvalue weighted by Crippen LogP contribution is -2.54. The van der Waals surface area contributed by atoms with Gasteiger partial charge in [0.2, 0.25) is 12.6 Å². The van der Waals surface area contributed by atoms with Gasteiger partial charge in [-0.1, -0.05) is 24.3 Å². The maximum Gasteiger partial charge on any atom is 0.336 e. The number of rotatable bonds is 6. The second-order valence-corrected chi connectivity index (χ2v) is 7.92. The maximum absolute atomic E-state index is 13.0. The van der Waals surface area contributed by atoms with E-state index in [-0.39, 0.29) is 12.6 Å². The van der Waals surface area contributed by atoms with Crippen molar-refractivity contribution in [2.75, 3.05) is 6.79 Å². The van der Waals surface area contributed by atoms with Crippen LogP contribution in [0.15, 0.2) is 46.9 Å². The van der Waals surface area contributed by atoms with E-state index in [4.69, 9.17) is 13.9 Å². The third-order valence-corrected chi connectivity index (χ3v) is 5.70. The van der Waals surface area contributed by atoms with Crippen molar-refractivity contribution in [2.45, 2.75) is 25.4 Å². The van der Waals surface area contributed by atoms with Crippen LogP contribution in [0.5, 0.6) is 11.5 Å². The highest BCUT2D eigenvalue weighted by Gasteiger charge is 2.55. The van der Waals surface area contributed by atoms with Crippen LogP contribution in [-0.4, -0.2) is 45.4 Å². The molecule has 0 fully saturated rings. The highest BCUT2D eigenvalue weighted by Crippen LogP contribution is 2.42. The van der Waals surface area contributed by atoms with Crippen LogP contribution in [0.1, 0.15) is 35.2 Å². The number of aliphatic hydroxyl groups is 1. The molecule has 2 aromatic rings. The minimum absolute atomic E-state index is 0.116. The van der Waals surface area contributed by atoms with Gasteiger partial charge in [-0.3, -0.25) is 9.59 Å². The van der Waals surface area contributed by atoms with Gasteiger partial charge in [-0.2, -0.15) is 0 Å². The van der Waals surface area contributed by atoms with E-state index in [1.54, 1.807) is 18.2 Å². The van der Waals surface area contributed by atoms with Crippen LogP contribution in [0.25, 0.3) is 0 Å². The van der Waals surface area contributed by atoms with Gasteiger partial charge in [0.1, 0.15) is 5.76 Å². The average molecular weight is 428 g/mol. The third kappa shape index (κ3) is 3.46. The van der Waals surface area contributed by atoms with Crippen LogP contribution in [0, 0.1) is 11.3 Å². The Labute approximate surface area is 176 Å². The molecule has 4 rings (SSSR count). The van der Waals surface area contributed by atoms with Crippen LogP contribution >= 0.6 is 0 Å². The molecule has 1 aliphatic carbocycles. The molecule has 2 aliphatic rings. The maximum atomic E-state index is 13.0. The number of carbonyl (C=O) groups is 3. The van der Waals surface area contributed by atoms with E-state index in [2.05, 4.69) is 0 Å². The Balaban J connectivity index is 1.60. The number of Topliss-reactive ketones (excluding diaryl/α,β-unsaturated/α-hetero) is 1. The molecule has 162 valence electrons. The highest BCUT2D eigenvalue weighted by molar-refractivity contribution is 6.01. The number of benzene rings is 1. The number of ether oxygens (including phenoxy) is 2. The van der Waals surface area contributed by atoms with Gasteiger partial charge in [0.05, 0.1) is 11.3 Å². The van der Waals surface area contributed by atoms with Crippen molar-refractivity contribution >= 4 is 17.7 Å². The summed E-state index contributed by atoms with van der Waals surface area (Å²) in [4.78, 5) is 36.3. The Morgan fingerprint density at radius 3 is 2.58 bits per heavy atom. The Kier molecular flexibility index (Phi) is 4.85. The lowest BCUT2D eigenvalue weighted by Gasteiger charge is -2.38. The van der Waals surface area contributed by atoms with Crippen molar-refractivity contribution in [2.24, 2.45) is 11.3 Å². The molecule has 0 amide bonds. The Bertz CT molecular complexity index is 1100. The van der Waals surface area contributed by atoms with Gasteiger partial charge < -0.3 is 29.2 Å². The molecule has 3 N–H and O–H groups in total. The first-order valence-corrected chi connectivity index (χ1v) is 9.53. The van der Waals surface area contributed by atoms with Gasteiger partial charge in [0, 0.05) is 18.4 Å². The largest absolute Gasteiger partial charge is 0.481 e. The summed E-state index contributed by atoms with van der Waals surface area (Å²) in [5, 5.41) is 29.7. The Hall–Kier alpha value is -3.59. The number of carboxylic acids is 2. The zero-order valence-electron chi connectivity index (χ0n) is 16.5. The number of carboxylic acid groups (broad SMARTS) is 2. The summed E-state index contributed by atoms with van der Waals surface area (Å²) in [6.45, 7) is 1.40. The quantitative estimate of drug-likeness (QED) is 0.466.